The summed E-state index contributed by atoms with van der Waals surface area (Å²) >= 11 is 0. The number of carbonyl (C=O) groups excluding carboxylic acids is 1. The number of carbonyl (C=O) groups is 1. The molecule has 0 unspecified atom stereocenters. The molecule has 6 heteroatoms. The van der Waals surface area contributed by atoms with E-state index in [1.165, 1.54) is 30.6 Å². The van der Waals surface area contributed by atoms with Gasteiger partial charge in [-0.15, -0.1) is 0 Å². The van der Waals surface area contributed by atoms with E-state index in [0.717, 1.165) is 0 Å². The second kappa shape index (κ2) is 6.83. The van der Waals surface area contributed by atoms with E-state index >= 15 is 0 Å². The standard InChI is InChI=1S/C17H14FN3O2/c18-15-5-1-13(2-6-15)17(22)14-3-7-16(8-4-14)23-10-9-21-12-19-11-20-21/h1-8,11-12H,9-10H2. The van der Waals surface area contributed by atoms with E-state index in [-0.39, 0.29) is 11.6 Å². The van der Waals surface area contributed by atoms with Crippen LogP contribution in [0.2, 0.25) is 0 Å². The van der Waals surface area contributed by atoms with Crippen molar-refractivity contribution >= 4 is 5.78 Å². The van der Waals surface area contributed by atoms with E-state index in [1.54, 1.807) is 35.3 Å². The van der Waals surface area contributed by atoms with Crippen LogP contribution in [0, 0.1) is 5.82 Å². The van der Waals surface area contributed by atoms with Crippen LogP contribution in [0.25, 0.3) is 0 Å². The SMILES string of the molecule is O=C(c1ccc(F)cc1)c1ccc(OCCn2cncn2)cc1. The van der Waals surface area contributed by atoms with E-state index in [9.17, 15) is 9.18 Å². The van der Waals surface area contributed by atoms with Crippen LogP contribution in [0.3, 0.4) is 0 Å². The summed E-state index contributed by atoms with van der Waals surface area (Å²) < 4.78 is 20.1. The average molecular weight is 311 g/mol. The number of aromatic nitrogens is 3. The Morgan fingerprint density at radius 3 is 2.30 bits per heavy atom. The van der Waals surface area contributed by atoms with Gasteiger partial charge in [-0.1, -0.05) is 0 Å². The molecule has 0 amide bonds. The predicted octanol–water partition coefficient (Wildman–Crippen LogP) is 2.73. The Balaban J connectivity index is 1.60. The summed E-state index contributed by atoms with van der Waals surface area (Å²) in [4.78, 5) is 16.1. The van der Waals surface area contributed by atoms with Crippen molar-refractivity contribution in [3.8, 4) is 5.75 Å². The lowest BCUT2D eigenvalue weighted by molar-refractivity contribution is 0.103. The summed E-state index contributed by atoms with van der Waals surface area (Å²) in [6, 6.07) is 12.3. The van der Waals surface area contributed by atoms with Crippen molar-refractivity contribution in [3.63, 3.8) is 0 Å². The van der Waals surface area contributed by atoms with E-state index in [0.29, 0.717) is 30.0 Å². The maximum absolute atomic E-state index is 12.9. The Kier molecular flexibility index (Phi) is 4.42. The second-order valence-corrected chi connectivity index (χ2v) is 4.87. The maximum Gasteiger partial charge on any atom is 0.193 e. The highest BCUT2D eigenvalue weighted by atomic mass is 19.1. The molecule has 0 saturated heterocycles. The molecule has 0 radical (unpaired) electrons. The van der Waals surface area contributed by atoms with Crippen LogP contribution in [-0.4, -0.2) is 27.2 Å². The van der Waals surface area contributed by atoms with Crippen LogP contribution in [0.1, 0.15) is 15.9 Å². The zero-order valence-corrected chi connectivity index (χ0v) is 12.2. The van der Waals surface area contributed by atoms with Gasteiger partial charge in [0.05, 0.1) is 6.54 Å². The zero-order chi connectivity index (χ0) is 16.1. The van der Waals surface area contributed by atoms with Gasteiger partial charge >= 0.3 is 0 Å². The molecule has 3 aromatic rings. The van der Waals surface area contributed by atoms with Crippen LogP contribution >= 0.6 is 0 Å². The molecule has 1 heterocycles. The lowest BCUT2D eigenvalue weighted by Gasteiger charge is -2.07. The molecule has 0 saturated carbocycles. The van der Waals surface area contributed by atoms with Gasteiger partial charge in [-0.3, -0.25) is 4.79 Å². The van der Waals surface area contributed by atoms with E-state index in [4.69, 9.17) is 4.74 Å². The fraction of sp³-hybridized carbons (Fsp3) is 0.118. The third-order valence-corrected chi connectivity index (χ3v) is 3.28. The lowest BCUT2D eigenvalue weighted by Crippen LogP contribution is -2.08. The van der Waals surface area contributed by atoms with E-state index < -0.39 is 0 Å². The molecular weight excluding hydrogens is 297 g/mol. The third-order valence-electron chi connectivity index (χ3n) is 3.28. The summed E-state index contributed by atoms with van der Waals surface area (Å²) in [5.41, 5.74) is 0.978. The Morgan fingerprint density at radius 1 is 1.04 bits per heavy atom. The topological polar surface area (TPSA) is 57.0 Å². The molecule has 116 valence electrons. The summed E-state index contributed by atoms with van der Waals surface area (Å²) in [6.45, 7) is 1.05. The highest BCUT2D eigenvalue weighted by Gasteiger charge is 2.09. The Hall–Kier alpha value is -3.02. The van der Waals surface area contributed by atoms with Crippen molar-refractivity contribution in [1.29, 1.82) is 0 Å². The smallest absolute Gasteiger partial charge is 0.193 e. The van der Waals surface area contributed by atoms with Crippen LogP contribution in [0.4, 0.5) is 4.39 Å². The van der Waals surface area contributed by atoms with Crippen molar-refractivity contribution in [3.05, 3.63) is 78.1 Å². The van der Waals surface area contributed by atoms with Crippen molar-refractivity contribution in [2.75, 3.05) is 6.61 Å². The molecule has 0 spiro atoms. The summed E-state index contributed by atoms with van der Waals surface area (Å²) in [6.07, 6.45) is 3.09. The summed E-state index contributed by atoms with van der Waals surface area (Å²) in [5, 5.41) is 3.98. The normalized spacial score (nSPS) is 10.5. The largest absolute Gasteiger partial charge is 0.492 e. The van der Waals surface area contributed by atoms with Gasteiger partial charge in [-0.05, 0) is 48.5 Å². The summed E-state index contributed by atoms with van der Waals surface area (Å²) in [7, 11) is 0. The fourth-order valence-corrected chi connectivity index (χ4v) is 2.08. The second-order valence-electron chi connectivity index (χ2n) is 4.87. The van der Waals surface area contributed by atoms with Gasteiger partial charge in [0.2, 0.25) is 0 Å². The molecule has 0 aliphatic heterocycles. The van der Waals surface area contributed by atoms with Crippen molar-refractivity contribution in [2.24, 2.45) is 0 Å². The molecule has 0 N–H and O–H groups in total. The first-order chi connectivity index (χ1) is 11.2. The number of rotatable bonds is 6. The highest BCUT2D eigenvalue weighted by molar-refractivity contribution is 6.08. The molecule has 1 aromatic heterocycles. The molecule has 0 aliphatic rings. The molecular formula is C17H14FN3O2. The molecule has 5 nitrogen and oxygen atoms in total. The van der Waals surface area contributed by atoms with Gasteiger partial charge in [-0.25, -0.2) is 14.1 Å². The Bertz CT molecular complexity index is 769. The first-order valence-electron chi connectivity index (χ1n) is 7.08. The average Bonchev–Trinajstić information content (AvgIpc) is 3.09. The number of hydrogen-bond donors (Lipinski definition) is 0. The molecule has 0 aliphatic carbocycles. The molecule has 2 aromatic carbocycles. The van der Waals surface area contributed by atoms with Gasteiger partial charge in [0, 0.05) is 11.1 Å². The molecule has 0 fully saturated rings. The number of ether oxygens (including phenoxy) is 1. The van der Waals surface area contributed by atoms with Gasteiger partial charge in [0.15, 0.2) is 5.78 Å². The summed E-state index contributed by atoms with van der Waals surface area (Å²) in [5.74, 6) is 0.151. The van der Waals surface area contributed by atoms with Gasteiger partial charge in [-0.2, -0.15) is 5.10 Å². The molecule has 3 rings (SSSR count). The van der Waals surface area contributed by atoms with Crippen LogP contribution in [0.5, 0.6) is 5.75 Å². The van der Waals surface area contributed by atoms with E-state index in [2.05, 4.69) is 10.1 Å². The molecule has 0 bridgehead atoms. The maximum atomic E-state index is 12.9. The third kappa shape index (κ3) is 3.79. The minimum Gasteiger partial charge on any atom is -0.492 e. The Labute approximate surface area is 132 Å². The first kappa shape index (κ1) is 14.9. The highest BCUT2D eigenvalue weighted by Crippen LogP contribution is 2.16. The van der Waals surface area contributed by atoms with Crippen LogP contribution in [-0.2, 0) is 6.54 Å². The number of halogens is 1. The predicted molar refractivity (Wildman–Crippen MR) is 81.8 cm³/mol. The van der Waals surface area contributed by atoms with Crippen LogP contribution < -0.4 is 4.74 Å². The molecule has 0 atom stereocenters. The Morgan fingerprint density at radius 2 is 1.70 bits per heavy atom. The van der Waals surface area contributed by atoms with E-state index in [1.807, 2.05) is 0 Å². The monoisotopic (exact) mass is 311 g/mol. The minimum absolute atomic E-state index is 0.154. The fourth-order valence-electron chi connectivity index (χ4n) is 2.08. The number of benzene rings is 2. The quantitative estimate of drug-likeness (QED) is 0.657. The number of hydrogen-bond acceptors (Lipinski definition) is 4. The van der Waals surface area contributed by atoms with Crippen molar-refractivity contribution in [1.82, 2.24) is 14.8 Å². The van der Waals surface area contributed by atoms with Gasteiger partial charge in [0.1, 0.15) is 30.8 Å². The molecule has 23 heavy (non-hydrogen) atoms. The van der Waals surface area contributed by atoms with Gasteiger partial charge < -0.3 is 4.74 Å². The van der Waals surface area contributed by atoms with Crippen molar-refractivity contribution < 1.29 is 13.9 Å². The van der Waals surface area contributed by atoms with Gasteiger partial charge in [0.25, 0.3) is 0 Å². The zero-order valence-electron chi connectivity index (χ0n) is 12.2. The van der Waals surface area contributed by atoms with Crippen molar-refractivity contribution in [2.45, 2.75) is 6.54 Å². The first-order valence-corrected chi connectivity index (χ1v) is 7.08. The number of nitrogens with zero attached hydrogens (tertiary/aromatic N) is 3. The minimum atomic E-state index is -0.363. The van der Waals surface area contributed by atoms with Crippen LogP contribution in [0.15, 0.2) is 61.2 Å². The number of ketones is 1. The lowest BCUT2D eigenvalue weighted by atomic mass is 10.0.